The fraction of sp³-hybridized carbons (Fsp3) is 0.600. The van der Waals surface area contributed by atoms with E-state index >= 15 is 0 Å². The molecular formula is C15H21N3O. The Morgan fingerprint density at radius 3 is 3.16 bits per heavy atom. The first-order chi connectivity index (χ1) is 9.25. The van der Waals surface area contributed by atoms with Crippen molar-refractivity contribution in [3.8, 4) is 0 Å². The van der Waals surface area contributed by atoms with Crippen molar-refractivity contribution in [2.45, 2.75) is 38.3 Å². The normalized spacial score (nSPS) is 30.9. The van der Waals surface area contributed by atoms with Crippen LogP contribution in [0, 0.1) is 11.8 Å². The zero-order valence-electron chi connectivity index (χ0n) is 11.3. The van der Waals surface area contributed by atoms with Gasteiger partial charge in [0.05, 0.1) is 17.8 Å². The molecule has 1 aliphatic carbocycles. The van der Waals surface area contributed by atoms with E-state index in [1.165, 1.54) is 19.3 Å². The highest BCUT2D eigenvalue weighted by Crippen LogP contribution is 2.37. The van der Waals surface area contributed by atoms with Crippen molar-refractivity contribution in [2.75, 3.05) is 6.54 Å². The van der Waals surface area contributed by atoms with Crippen molar-refractivity contribution < 1.29 is 4.79 Å². The summed E-state index contributed by atoms with van der Waals surface area (Å²) in [7, 11) is 0. The van der Waals surface area contributed by atoms with Gasteiger partial charge in [-0.15, -0.1) is 0 Å². The molecule has 2 fully saturated rings. The quantitative estimate of drug-likeness (QED) is 0.868. The summed E-state index contributed by atoms with van der Waals surface area (Å²) in [5.74, 6) is 1.38. The average molecular weight is 259 g/mol. The van der Waals surface area contributed by atoms with Crippen LogP contribution in [-0.4, -0.2) is 23.5 Å². The number of rotatable bonds is 3. The maximum atomic E-state index is 12.4. The lowest BCUT2D eigenvalue weighted by atomic mass is 9.93. The van der Waals surface area contributed by atoms with Gasteiger partial charge in [-0.05, 0) is 50.3 Å². The van der Waals surface area contributed by atoms with Gasteiger partial charge in [0.15, 0.2) is 0 Å². The first-order valence-corrected chi connectivity index (χ1v) is 7.20. The molecule has 2 N–H and O–H groups in total. The Kier molecular flexibility index (Phi) is 3.51. The molecule has 1 saturated heterocycles. The second-order valence-corrected chi connectivity index (χ2v) is 5.73. The second-order valence-electron chi connectivity index (χ2n) is 5.73. The summed E-state index contributed by atoms with van der Waals surface area (Å²) < 4.78 is 0. The Morgan fingerprint density at radius 2 is 2.37 bits per heavy atom. The van der Waals surface area contributed by atoms with Gasteiger partial charge < -0.3 is 10.6 Å². The summed E-state index contributed by atoms with van der Waals surface area (Å²) in [6.45, 7) is 2.99. The third kappa shape index (κ3) is 2.50. The van der Waals surface area contributed by atoms with Crippen LogP contribution >= 0.6 is 0 Å². The zero-order valence-corrected chi connectivity index (χ0v) is 11.3. The lowest BCUT2D eigenvalue weighted by Gasteiger charge is -2.20. The molecule has 3 unspecified atom stereocenters. The van der Waals surface area contributed by atoms with Gasteiger partial charge in [-0.3, -0.25) is 9.78 Å². The van der Waals surface area contributed by atoms with Crippen LogP contribution in [0.25, 0.3) is 0 Å². The number of amides is 1. The van der Waals surface area contributed by atoms with Crippen LogP contribution in [-0.2, 0) is 4.79 Å². The van der Waals surface area contributed by atoms with Crippen molar-refractivity contribution in [2.24, 2.45) is 11.8 Å². The molecule has 2 aliphatic rings. The van der Waals surface area contributed by atoms with Crippen molar-refractivity contribution in [1.82, 2.24) is 15.6 Å². The molecule has 1 aliphatic heterocycles. The van der Waals surface area contributed by atoms with Crippen LogP contribution in [0.1, 0.15) is 37.9 Å². The predicted octanol–water partition coefficient (Wildman–Crippen LogP) is 1.65. The number of carbonyl (C=O) groups is 1. The zero-order chi connectivity index (χ0) is 13.2. The van der Waals surface area contributed by atoms with E-state index in [4.69, 9.17) is 0 Å². The van der Waals surface area contributed by atoms with Crippen molar-refractivity contribution >= 4 is 5.91 Å². The molecule has 1 aromatic heterocycles. The highest BCUT2D eigenvalue weighted by Gasteiger charge is 2.42. The molecular weight excluding hydrogens is 238 g/mol. The van der Waals surface area contributed by atoms with Gasteiger partial charge in [0.1, 0.15) is 0 Å². The number of aromatic nitrogens is 1. The van der Waals surface area contributed by atoms with Crippen molar-refractivity contribution in [3.05, 3.63) is 30.1 Å². The minimum Gasteiger partial charge on any atom is -0.347 e. The van der Waals surface area contributed by atoms with Gasteiger partial charge in [-0.2, -0.15) is 0 Å². The fourth-order valence-electron chi connectivity index (χ4n) is 3.48. The molecule has 1 amide bonds. The van der Waals surface area contributed by atoms with Crippen LogP contribution in [0.3, 0.4) is 0 Å². The molecule has 19 heavy (non-hydrogen) atoms. The van der Waals surface area contributed by atoms with E-state index in [1.54, 1.807) is 6.20 Å². The van der Waals surface area contributed by atoms with E-state index in [9.17, 15) is 4.79 Å². The summed E-state index contributed by atoms with van der Waals surface area (Å²) >= 11 is 0. The van der Waals surface area contributed by atoms with E-state index in [0.29, 0.717) is 11.8 Å². The summed E-state index contributed by atoms with van der Waals surface area (Å²) in [5.41, 5.74) is 0.914. The lowest BCUT2D eigenvalue weighted by molar-refractivity contribution is -0.124. The molecule has 4 nitrogen and oxygen atoms in total. The molecule has 4 heteroatoms. The monoisotopic (exact) mass is 259 g/mol. The van der Waals surface area contributed by atoms with Crippen LogP contribution in [0.15, 0.2) is 24.4 Å². The third-order valence-electron chi connectivity index (χ3n) is 4.52. The average Bonchev–Trinajstić information content (AvgIpc) is 3.01. The maximum absolute atomic E-state index is 12.4. The largest absolute Gasteiger partial charge is 0.347 e. The van der Waals surface area contributed by atoms with E-state index in [2.05, 4.69) is 15.6 Å². The summed E-state index contributed by atoms with van der Waals surface area (Å²) in [6.07, 6.45) is 5.50. The fourth-order valence-corrected chi connectivity index (χ4v) is 3.48. The highest BCUT2D eigenvalue weighted by molar-refractivity contribution is 5.83. The van der Waals surface area contributed by atoms with Gasteiger partial charge in [0.25, 0.3) is 0 Å². The third-order valence-corrected chi connectivity index (χ3v) is 4.52. The van der Waals surface area contributed by atoms with Crippen molar-refractivity contribution in [3.63, 3.8) is 0 Å². The molecule has 1 saturated carbocycles. The predicted molar refractivity (Wildman–Crippen MR) is 73.4 cm³/mol. The first-order valence-electron chi connectivity index (χ1n) is 7.20. The van der Waals surface area contributed by atoms with Gasteiger partial charge in [-0.1, -0.05) is 12.5 Å². The lowest BCUT2D eigenvalue weighted by Crippen LogP contribution is -2.44. The number of carbonyl (C=O) groups excluding carboxylic acids is 1. The Bertz CT molecular complexity index is 448. The van der Waals surface area contributed by atoms with Crippen molar-refractivity contribution in [1.29, 1.82) is 0 Å². The Balaban J connectivity index is 1.62. The topological polar surface area (TPSA) is 54.0 Å². The number of fused-ring (bicyclic) bond motifs is 1. The molecule has 0 spiro atoms. The van der Waals surface area contributed by atoms with E-state index in [1.807, 2.05) is 25.1 Å². The Morgan fingerprint density at radius 1 is 1.47 bits per heavy atom. The number of pyridine rings is 1. The number of hydrogen-bond donors (Lipinski definition) is 2. The minimum atomic E-state index is -0.0315. The van der Waals surface area contributed by atoms with Crippen LogP contribution in [0.2, 0.25) is 0 Å². The molecule has 0 aromatic carbocycles. The van der Waals surface area contributed by atoms with Crippen LogP contribution < -0.4 is 10.6 Å². The minimum absolute atomic E-state index is 0.00124. The molecule has 0 radical (unpaired) electrons. The van der Waals surface area contributed by atoms with Gasteiger partial charge in [-0.25, -0.2) is 0 Å². The molecule has 4 atom stereocenters. The van der Waals surface area contributed by atoms with E-state index in [-0.39, 0.29) is 18.0 Å². The highest BCUT2D eigenvalue weighted by atomic mass is 16.2. The van der Waals surface area contributed by atoms with Crippen LogP contribution in [0.5, 0.6) is 0 Å². The molecule has 102 valence electrons. The number of nitrogens with one attached hydrogen (secondary N) is 2. The number of hydrogen-bond acceptors (Lipinski definition) is 3. The summed E-state index contributed by atoms with van der Waals surface area (Å²) in [4.78, 5) is 16.7. The van der Waals surface area contributed by atoms with E-state index < -0.39 is 0 Å². The number of nitrogens with zero attached hydrogens (tertiary/aromatic N) is 1. The molecule has 3 rings (SSSR count). The first kappa shape index (κ1) is 12.6. The molecule has 0 bridgehead atoms. The van der Waals surface area contributed by atoms with Gasteiger partial charge in [0, 0.05) is 6.20 Å². The summed E-state index contributed by atoms with van der Waals surface area (Å²) in [6, 6.07) is 5.76. The van der Waals surface area contributed by atoms with Gasteiger partial charge >= 0.3 is 0 Å². The van der Waals surface area contributed by atoms with Crippen LogP contribution in [0.4, 0.5) is 0 Å². The van der Waals surface area contributed by atoms with Gasteiger partial charge in [0.2, 0.25) is 5.91 Å². The molecule has 2 heterocycles. The maximum Gasteiger partial charge on any atom is 0.237 e. The SMILES string of the molecule is C[C@H](NC(=O)C1NCC2CCCC21)c1ccccn1. The Hall–Kier alpha value is -1.42. The standard InChI is InChI=1S/C15H21N3O/c1-10(13-7-2-3-8-16-13)18-15(19)14-12-6-4-5-11(12)9-17-14/h2-3,7-8,10-12,14,17H,4-6,9H2,1H3,(H,18,19)/t10-,11?,12?,14?/m0/s1. The summed E-state index contributed by atoms with van der Waals surface area (Å²) in [5, 5.41) is 6.47. The molecule has 1 aromatic rings. The Labute approximate surface area is 114 Å². The van der Waals surface area contributed by atoms with E-state index in [0.717, 1.165) is 12.2 Å². The smallest absolute Gasteiger partial charge is 0.237 e. The second kappa shape index (κ2) is 5.29.